The fraction of sp³-hybridized carbons (Fsp3) is 0.524. The standard InChI is InChI=1S/C21H30N2O3/c1-3-4-5-6-7-11-14-19(24)15-17-16-23(18-12-9-8-10-13-18)22-21(17,2)20(25)26/h8-10,12-13,16,22H,3-7,11,14-15H2,1-2H3,(H,25,26). The molecule has 0 bridgehead atoms. The fourth-order valence-electron chi connectivity index (χ4n) is 3.17. The van der Waals surface area contributed by atoms with Crippen molar-refractivity contribution in [3.05, 3.63) is 42.1 Å². The van der Waals surface area contributed by atoms with Gasteiger partial charge in [-0.05, 0) is 31.1 Å². The Balaban J connectivity index is 1.95. The van der Waals surface area contributed by atoms with Gasteiger partial charge in [0, 0.05) is 19.0 Å². The number of benzene rings is 1. The van der Waals surface area contributed by atoms with Crippen LogP contribution in [0.1, 0.15) is 65.2 Å². The predicted molar refractivity (Wildman–Crippen MR) is 104 cm³/mol. The highest BCUT2D eigenvalue weighted by Gasteiger charge is 2.43. The number of rotatable bonds is 11. The minimum absolute atomic E-state index is 0.107. The number of ketones is 1. The van der Waals surface area contributed by atoms with Crippen molar-refractivity contribution in [1.82, 2.24) is 5.43 Å². The van der Waals surface area contributed by atoms with Crippen LogP contribution in [0.25, 0.3) is 0 Å². The molecule has 1 aromatic carbocycles. The summed E-state index contributed by atoms with van der Waals surface area (Å²) < 4.78 is 0. The van der Waals surface area contributed by atoms with Gasteiger partial charge in [-0.3, -0.25) is 9.80 Å². The summed E-state index contributed by atoms with van der Waals surface area (Å²) in [5.41, 5.74) is 3.21. The first-order chi connectivity index (χ1) is 12.5. The summed E-state index contributed by atoms with van der Waals surface area (Å²) in [6.07, 6.45) is 9.25. The van der Waals surface area contributed by atoms with Crippen molar-refractivity contribution in [2.75, 3.05) is 5.01 Å². The molecule has 26 heavy (non-hydrogen) atoms. The molecular weight excluding hydrogens is 328 g/mol. The SMILES string of the molecule is CCCCCCCCC(=O)CC1=CN(c2ccccc2)NC1(C)C(=O)O. The lowest BCUT2D eigenvalue weighted by Gasteiger charge is -2.26. The van der Waals surface area contributed by atoms with E-state index in [4.69, 9.17) is 0 Å². The van der Waals surface area contributed by atoms with E-state index >= 15 is 0 Å². The van der Waals surface area contributed by atoms with Gasteiger partial charge in [0.1, 0.15) is 5.78 Å². The third kappa shape index (κ3) is 5.18. The van der Waals surface area contributed by atoms with Gasteiger partial charge < -0.3 is 5.11 Å². The van der Waals surface area contributed by atoms with E-state index in [0.29, 0.717) is 12.0 Å². The quantitative estimate of drug-likeness (QED) is 0.572. The molecule has 5 nitrogen and oxygen atoms in total. The van der Waals surface area contributed by atoms with Crippen LogP contribution in [-0.4, -0.2) is 22.4 Å². The number of carboxylic acid groups (broad SMARTS) is 1. The molecule has 0 aliphatic carbocycles. The molecule has 142 valence electrons. The first-order valence-corrected chi connectivity index (χ1v) is 9.55. The van der Waals surface area contributed by atoms with Gasteiger partial charge in [0.05, 0.1) is 5.69 Å². The van der Waals surface area contributed by atoms with E-state index in [1.807, 2.05) is 30.3 Å². The molecule has 1 heterocycles. The monoisotopic (exact) mass is 358 g/mol. The Labute approximate surface area is 156 Å². The molecule has 0 saturated carbocycles. The molecule has 1 unspecified atom stereocenters. The Morgan fingerprint density at radius 3 is 2.38 bits per heavy atom. The van der Waals surface area contributed by atoms with Crippen molar-refractivity contribution in [2.24, 2.45) is 0 Å². The maximum atomic E-state index is 12.4. The normalized spacial score (nSPS) is 19.5. The Bertz CT molecular complexity index is 642. The van der Waals surface area contributed by atoms with Crippen molar-refractivity contribution in [3.8, 4) is 0 Å². The molecule has 1 aromatic rings. The smallest absolute Gasteiger partial charge is 0.329 e. The summed E-state index contributed by atoms with van der Waals surface area (Å²) in [7, 11) is 0. The first-order valence-electron chi connectivity index (χ1n) is 9.55. The largest absolute Gasteiger partial charge is 0.480 e. The molecule has 1 atom stereocenters. The molecule has 0 spiro atoms. The minimum atomic E-state index is -1.26. The van der Waals surface area contributed by atoms with Gasteiger partial charge in [0.2, 0.25) is 0 Å². The van der Waals surface area contributed by atoms with E-state index in [0.717, 1.165) is 18.5 Å². The summed E-state index contributed by atoms with van der Waals surface area (Å²) in [6, 6.07) is 9.49. The molecule has 0 amide bonds. The highest BCUT2D eigenvalue weighted by molar-refractivity contribution is 5.89. The van der Waals surface area contributed by atoms with Crippen LogP contribution in [0.3, 0.4) is 0 Å². The Morgan fingerprint density at radius 1 is 1.08 bits per heavy atom. The second-order valence-electron chi connectivity index (χ2n) is 7.14. The number of hydrogen-bond donors (Lipinski definition) is 2. The molecule has 0 saturated heterocycles. The fourth-order valence-corrected chi connectivity index (χ4v) is 3.17. The number of para-hydroxylation sites is 1. The Hall–Kier alpha value is -2.14. The Morgan fingerprint density at radius 2 is 1.73 bits per heavy atom. The van der Waals surface area contributed by atoms with Crippen LogP contribution in [0.15, 0.2) is 42.1 Å². The number of carboxylic acids is 1. The summed E-state index contributed by atoms with van der Waals surface area (Å²) in [5, 5.41) is 11.4. The summed E-state index contributed by atoms with van der Waals surface area (Å²) in [5.74, 6) is -0.870. The summed E-state index contributed by atoms with van der Waals surface area (Å²) >= 11 is 0. The molecule has 2 N–H and O–H groups in total. The van der Waals surface area contributed by atoms with E-state index in [9.17, 15) is 14.7 Å². The molecule has 0 fully saturated rings. The molecule has 5 heteroatoms. The van der Waals surface area contributed by atoms with E-state index < -0.39 is 11.5 Å². The van der Waals surface area contributed by atoms with Crippen molar-refractivity contribution in [3.63, 3.8) is 0 Å². The van der Waals surface area contributed by atoms with Crippen LogP contribution < -0.4 is 10.4 Å². The van der Waals surface area contributed by atoms with Crippen LogP contribution in [-0.2, 0) is 9.59 Å². The van der Waals surface area contributed by atoms with Crippen LogP contribution in [0, 0.1) is 0 Å². The zero-order valence-corrected chi connectivity index (χ0v) is 15.8. The highest BCUT2D eigenvalue weighted by Crippen LogP contribution is 2.30. The maximum absolute atomic E-state index is 12.4. The van der Waals surface area contributed by atoms with Crippen LogP contribution in [0.2, 0.25) is 0 Å². The lowest BCUT2D eigenvalue weighted by Crippen LogP contribution is -2.52. The topological polar surface area (TPSA) is 69.6 Å². The molecule has 1 aliphatic rings. The number of carbonyl (C=O) groups excluding carboxylic acids is 1. The van der Waals surface area contributed by atoms with Gasteiger partial charge in [-0.15, -0.1) is 0 Å². The van der Waals surface area contributed by atoms with Crippen molar-refractivity contribution in [2.45, 2.75) is 70.8 Å². The number of unbranched alkanes of at least 4 members (excludes halogenated alkanes) is 5. The predicted octanol–water partition coefficient (Wildman–Crippen LogP) is 4.45. The van der Waals surface area contributed by atoms with Gasteiger partial charge in [-0.25, -0.2) is 10.2 Å². The van der Waals surface area contributed by atoms with Gasteiger partial charge in [-0.1, -0.05) is 57.2 Å². The molecule has 0 radical (unpaired) electrons. The zero-order chi connectivity index (χ0) is 19.0. The van der Waals surface area contributed by atoms with E-state index in [2.05, 4.69) is 12.3 Å². The van der Waals surface area contributed by atoms with Crippen LogP contribution in [0.4, 0.5) is 5.69 Å². The van der Waals surface area contributed by atoms with Gasteiger partial charge in [0.25, 0.3) is 0 Å². The minimum Gasteiger partial charge on any atom is -0.480 e. The number of anilines is 1. The highest BCUT2D eigenvalue weighted by atomic mass is 16.4. The first kappa shape index (κ1) is 20.2. The number of aliphatic carboxylic acids is 1. The third-order valence-electron chi connectivity index (χ3n) is 4.93. The average molecular weight is 358 g/mol. The van der Waals surface area contributed by atoms with Gasteiger partial charge >= 0.3 is 5.97 Å². The number of Topliss-reactive ketones (excluding diaryl/α,β-unsaturated/α-hetero) is 1. The molecule has 0 aromatic heterocycles. The lowest BCUT2D eigenvalue weighted by molar-refractivity contribution is -0.142. The van der Waals surface area contributed by atoms with E-state index in [-0.39, 0.29) is 12.2 Å². The molecule has 2 rings (SSSR count). The van der Waals surface area contributed by atoms with Crippen molar-refractivity contribution >= 4 is 17.4 Å². The number of nitrogens with zero attached hydrogens (tertiary/aromatic N) is 1. The average Bonchev–Trinajstić information content (AvgIpc) is 2.97. The molecular formula is C21H30N2O3. The molecule has 1 aliphatic heterocycles. The van der Waals surface area contributed by atoms with Gasteiger partial charge in [0.15, 0.2) is 5.54 Å². The van der Waals surface area contributed by atoms with Crippen molar-refractivity contribution < 1.29 is 14.7 Å². The van der Waals surface area contributed by atoms with Crippen LogP contribution >= 0.6 is 0 Å². The number of carbonyl (C=O) groups is 2. The number of hydrazine groups is 1. The number of nitrogens with one attached hydrogen (secondary N) is 1. The van der Waals surface area contributed by atoms with E-state index in [1.165, 1.54) is 25.7 Å². The third-order valence-corrected chi connectivity index (χ3v) is 4.93. The maximum Gasteiger partial charge on any atom is 0.329 e. The lowest BCUT2D eigenvalue weighted by atomic mass is 9.89. The van der Waals surface area contributed by atoms with Crippen LogP contribution in [0.5, 0.6) is 0 Å². The van der Waals surface area contributed by atoms with Crippen molar-refractivity contribution in [1.29, 1.82) is 0 Å². The Kier molecular flexibility index (Phi) is 7.39. The zero-order valence-electron chi connectivity index (χ0n) is 15.8. The number of hydrogen-bond acceptors (Lipinski definition) is 4. The summed E-state index contributed by atoms with van der Waals surface area (Å²) in [6.45, 7) is 3.80. The second-order valence-corrected chi connectivity index (χ2v) is 7.14. The second kappa shape index (κ2) is 9.53. The summed E-state index contributed by atoms with van der Waals surface area (Å²) in [4.78, 5) is 24.2. The van der Waals surface area contributed by atoms with Gasteiger partial charge in [-0.2, -0.15) is 0 Å². The van der Waals surface area contributed by atoms with E-state index in [1.54, 1.807) is 18.1 Å².